The topological polar surface area (TPSA) is 0 Å². The summed E-state index contributed by atoms with van der Waals surface area (Å²) in [5.41, 5.74) is 4.76. The van der Waals surface area contributed by atoms with Crippen molar-refractivity contribution >= 4 is 50.1 Å². The molecule has 0 spiro atoms. The van der Waals surface area contributed by atoms with Crippen LogP contribution >= 0.6 is 50.1 Å². The second kappa shape index (κ2) is 5.93. The minimum Gasteiger partial charge on any atom is -0.113 e. The molecule has 0 aromatic heterocycles. The summed E-state index contributed by atoms with van der Waals surface area (Å²) in [5.74, 6) is 0. The molecule has 0 fully saturated rings. The summed E-state index contributed by atoms with van der Waals surface area (Å²) in [6.07, 6.45) is 0. The van der Waals surface area contributed by atoms with Crippen LogP contribution < -0.4 is 0 Å². The van der Waals surface area contributed by atoms with Gasteiger partial charge in [0.1, 0.15) is 0 Å². The fraction of sp³-hybridized carbons (Fsp3) is 0.200. The molecule has 0 aliphatic rings. The number of alkyl halides is 1. The third-order valence-electron chi connectivity index (χ3n) is 2.96. The number of hydrogen-bond acceptors (Lipinski definition) is 0. The molecule has 0 nitrogen and oxygen atoms in total. The van der Waals surface area contributed by atoms with Crippen LogP contribution in [0.4, 0.5) is 0 Å². The van der Waals surface area contributed by atoms with E-state index in [-0.39, 0.29) is 5.38 Å². The quantitative estimate of drug-likeness (QED) is 0.401. The van der Waals surface area contributed by atoms with E-state index in [1.807, 2.05) is 6.07 Å². The van der Waals surface area contributed by atoms with Crippen molar-refractivity contribution in [1.29, 1.82) is 0 Å². The Labute approximate surface area is 135 Å². The standard InChI is InChI=1S/C15H13BrClI/c1-9-7-14(16)10(2)6-13(9)15(17)11-4-3-5-12(18)8-11/h3-8,15H,1-2H3. The molecular formula is C15H13BrClI. The van der Waals surface area contributed by atoms with Crippen LogP contribution in [-0.2, 0) is 0 Å². The normalized spacial score (nSPS) is 12.5. The minimum atomic E-state index is -0.0912. The van der Waals surface area contributed by atoms with Crippen LogP contribution in [0.2, 0.25) is 0 Å². The molecule has 0 saturated heterocycles. The minimum absolute atomic E-state index is 0.0912. The SMILES string of the molecule is Cc1cc(C(Cl)c2cccc(I)c2)c(C)cc1Br. The lowest BCUT2D eigenvalue weighted by Crippen LogP contribution is -1.98. The van der Waals surface area contributed by atoms with Gasteiger partial charge in [-0.15, -0.1) is 11.6 Å². The second-order valence-corrected chi connectivity index (χ2v) is 6.91. The molecule has 94 valence electrons. The van der Waals surface area contributed by atoms with Gasteiger partial charge >= 0.3 is 0 Å². The van der Waals surface area contributed by atoms with E-state index in [1.165, 1.54) is 20.3 Å². The van der Waals surface area contributed by atoms with Crippen LogP contribution in [0.25, 0.3) is 0 Å². The van der Waals surface area contributed by atoms with Gasteiger partial charge in [-0.3, -0.25) is 0 Å². The first kappa shape index (κ1) is 14.4. The molecule has 0 amide bonds. The molecule has 0 heterocycles. The predicted octanol–water partition coefficient (Wildman–Crippen LogP) is 6.00. The lowest BCUT2D eigenvalue weighted by Gasteiger charge is -2.15. The molecule has 0 aliphatic heterocycles. The van der Waals surface area contributed by atoms with Crippen molar-refractivity contribution in [3.05, 3.63) is 66.7 Å². The predicted molar refractivity (Wildman–Crippen MR) is 90.5 cm³/mol. The Morgan fingerprint density at radius 1 is 1.11 bits per heavy atom. The summed E-state index contributed by atoms with van der Waals surface area (Å²) in [6.45, 7) is 4.19. The zero-order valence-corrected chi connectivity index (χ0v) is 14.7. The Morgan fingerprint density at radius 2 is 1.83 bits per heavy atom. The molecule has 2 aromatic carbocycles. The average Bonchev–Trinajstić information content (AvgIpc) is 2.33. The Kier molecular flexibility index (Phi) is 4.73. The highest BCUT2D eigenvalue weighted by Crippen LogP contribution is 2.34. The van der Waals surface area contributed by atoms with Gasteiger partial charge in [0.15, 0.2) is 0 Å². The van der Waals surface area contributed by atoms with Crippen LogP contribution in [0.3, 0.4) is 0 Å². The first-order valence-corrected chi connectivity index (χ1v) is 7.96. The second-order valence-electron chi connectivity index (χ2n) is 4.38. The molecule has 0 saturated carbocycles. The van der Waals surface area contributed by atoms with Gasteiger partial charge in [0.05, 0.1) is 5.38 Å². The monoisotopic (exact) mass is 434 g/mol. The fourth-order valence-electron chi connectivity index (χ4n) is 1.92. The third-order valence-corrected chi connectivity index (χ3v) is 4.97. The summed E-state index contributed by atoms with van der Waals surface area (Å²) < 4.78 is 2.34. The van der Waals surface area contributed by atoms with Crippen molar-refractivity contribution in [1.82, 2.24) is 0 Å². The molecular weight excluding hydrogens is 422 g/mol. The summed E-state index contributed by atoms with van der Waals surface area (Å²) in [4.78, 5) is 0. The summed E-state index contributed by atoms with van der Waals surface area (Å²) in [5, 5.41) is -0.0912. The molecule has 2 aromatic rings. The Bertz CT molecular complexity index is 581. The van der Waals surface area contributed by atoms with Crippen molar-refractivity contribution in [3.63, 3.8) is 0 Å². The zero-order chi connectivity index (χ0) is 13.3. The van der Waals surface area contributed by atoms with Gasteiger partial charge in [0, 0.05) is 8.04 Å². The summed E-state index contributed by atoms with van der Waals surface area (Å²) in [6, 6.07) is 12.6. The number of rotatable bonds is 2. The lowest BCUT2D eigenvalue weighted by molar-refractivity contribution is 1.10. The Hall–Kier alpha value is -0.0600. The molecule has 1 unspecified atom stereocenters. The maximum atomic E-state index is 6.61. The molecule has 18 heavy (non-hydrogen) atoms. The number of halogens is 3. The molecule has 3 heteroatoms. The molecule has 1 atom stereocenters. The smallest absolute Gasteiger partial charge is 0.0838 e. The maximum absolute atomic E-state index is 6.61. The highest BCUT2D eigenvalue weighted by atomic mass is 127. The van der Waals surface area contributed by atoms with Gasteiger partial charge in [0.25, 0.3) is 0 Å². The number of benzene rings is 2. The first-order valence-electron chi connectivity index (χ1n) is 5.65. The first-order chi connectivity index (χ1) is 8.49. The van der Waals surface area contributed by atoms with Crippen LogP contribution in [-0.4, -0.2) is 0 Å². The van der Waals surface area contributed by atoms with E-state index in [1.54, 1.807) is 0 Å². The molecule has 0 bridgehead atoms. The largest absolute Gasteiger partial charge is 0.113 e. The van der Waals surface area contributed by atoms with Gasteiger partial charge in [-0.2, -0.15) is 0 Å². The van der Waals surface area contributed by atoms with Crippen molar-refractivity contribution in [3.8, 4) is 0 Å². The van der Waals surface area contributed by atoms with E-state index in [4.69, 9.17) is 11.6 Å². The summed E-state index contributed by atoms with van der Waals surface area (Å²) >= 11 is 12.5. The molecule has 0 aliphatic carbocycles. The van der Waals surface area contributed by atoms with Crippen LogP contribution in [0.15, 0.2) is 40.9 Å². The van der Waals surface area contributed by atoms with E-state index < -0.39 is 0 Å². The van der Waals surface area contributed by atoms with Gasteiger partial charge in [-0.05, 0) is 76.9 Å². The van der Waals surface area contributed by atoms with E-state index in [9.17, 15) is 0 Å². The van der Waals surface area contributed by atoms with Crippen molar-refractivity contribution in [2.24, 2.45) is 0 Å². The fourth-order valence-corrected chi connectivity index (χ4v) is 3.32. The Balaban J connectivity index is 2.46. The number of hydrogen-bond donors (Lipinski definition) is 0. The van der Waals surface area contributed by atoms with Crippen LogP contribution in [0, 0.1) is 17.4 Å². The molecule has 0 N–H and O–H groups in total. The summed E-state index contributed by atoms with van der Waals surface area (Å²) in [7, 11) is 0. The van der Waals surface area contributed by atoms with E-state index >= 15 is 0 Å². The average molecular weight is 436 g/mol. The van der Waals surface area contributed by atoms with Gasteiger partial charge in [-0.25, -0.2) is 0 Å². The van der Waals surface area contributed by atoms with Gasteiger partial charge < -0.3 is 0 Å². The van der Waals surface area contributed by atoms with Gasteiger partial charge in [0.2, 0.25) is 0 Å². The van der Waals surface area contributed by atoms with Crippen molar-refractivity contribution in [2.75, 3.05) is 0 Å². The molecule has 0 radical (unpaired) electrons. The number of aryl methyl sites for hydroxylation is 2. The van der Waals surface area contributed by atoms with Crippen molar-refractivity contribution < 1.29 is 0 Å². The van der Waals surface area contributed by atoms with E-state index in [2.05, 4.69) is 82.7 Å². The van der Waals surface area contributed by atoms with Crippen LogP contribution in [0.1, 0.15) is 27.6 Å². The highest BCUT2D eigenvalue weighted by Gasteiger charge is 2.14. The molecule has 2 rings (SSSR count). The lowest BCUT2D eigenvalue weighted by atomic mass is 9.98. The van der Waals surface area contributed by atoms with Gasteiger partial charge in [-0.1, -0.05) is 34.1 Å². The highest BCUT2D eigenvalue weighted by molar-refractivity contribution is 14.1. The maximum Gasteiger partial charge on any atom is 0.0838 e. The Morgan fingerprint density at radius 3 is 2.50 bits per heavy atom. The van der Waals surface area contributed by atoms with Crippen LogP contribution in [0.5, 0.6) is 0 Å². The van der Waals surface area contributed by atoms with E-state index in [0.29, 0.717) is 0 Å². The third kappa shape index (κ3) is 3.09. The van der Waals surface area contributed by atoms with E-state index in [0.717, 1.165) is 10.0 Å². The van der Waals surface area contributed by atoms with Crippen molar-refractivity contribution in [2.45, 2.75) is 19.2 Å². The zero-order valence-electron chi connectivity index (χ0n) is 10.2.